The second-order valence-electron chi connectivity index (χ2n) is 10.5. The summed E-state index contributed by atoms with van der Waals surface area (Å²) in [6, 6.07) is 5.28. The molecular weight excluding hydrogens is 508 g/mol. The van der Waals surface area contributed by atoms with Gasteiger partial charge < -0.3 is 20.7 Å². The van der Waals surface area contributed by atoms with E-state index in [1.165, 1.54) is 4.90 Å². The molecule has 0 saturated heterocycles. The summed E-state index contributed by atoms with van der Waals surface area (Å²) in [5, 5.41) is 14.9. The zero-order chi connectivity index (χ0) is 29.3. The third-order valence-electron chi connectivity index (χ3n) is 5.85. The van der Waals surface area contributed by atoms with Crippen LogP contribution in [0.4, 0.5) is 22.2 Å². The van der Waals surface area contributed by atoms with E-state index in [0.717, 1.165) is 29.6 Å². The number of carbonyl (C=O) groups is 2. The fourth-order valence-electron chi connectivity index (χ4n) is 3.62. The van der Waals surface area contributed by atoms with E-state index in [9.17, 15) is 9.59 Å². The number of amides is 2. The summed E-state index contributed by atoms with van der Waals surface area (Å²) < 4.78 is 7.11. The van der Waals surface area contributed by atoms with Crippen molar-refractivity contribution < 1.29 is 14.3 Å². The molecule has 2 aromatic heterocycles. The van der Waals surface area contributed by atoms with Crippen LogP contribution < -0.4 is 16.0 Å². The molecule has 2 heterocycles. The van der Waals surface area contributed by atoms with Crippen molar-refractivity contribution in [1.29, 1.82) is 0 Å². The van der Waals surface area contributed by atoms with Crippen LogP contribution in [0.5, 0.6) is 0 Å². The molecule has 3 aromatic rings. The lowest BCUT2D eigenvalue weighted by Crippen LogP contribution is -2.47. The highest BCUT2D eigenvalue weighted by Crippen LogP contribution is 2.21. The number of hydrogen-bond acceptors (Lipinski definition) is 8. The van der Waals surface area contributed by atoms with Gasteiger partial charge in [-0.3, -0.25) is 14.4 Å². The van der Waals surface area contributed by atoms with Crippen molar-refractivity contribution in [2.24, 2.45) is 7.05 Å². The van der Waals surface area contributed by atoms with Gasteiger partial charge in [-0.05, 0) is 58.7 Å². The van der Waals surface area contributed by atoms with Gasteiger partial charge in [-0.1, -0.05) is 18.8 Å². The molecule has 11 nitrogen and oxygen atoms in total. The summed E-state index contributed by atoms with van der Waals surface area (Å²) in [5.41, 5.74) is 1.82. The number of anilines is 3. The van der Waals surface area contributed by atoms with Crippen LogP contribution in [0.15, 0.2) is 30.6 Å². The highest BCUT2D eigenvalue weighted by Gasteiger charge is 2.26. The molecule has 3 rings (SSSR count). The summed E-state index contributed by atoms with van der Waals surface area (Å²) >= 11 is 0. The van der Waals surface area contributed by atoms with Gasteiger partial charge in [-0.25, -0.2) is 9.78 Å². The van der Waals surface area contributed by atoms with Crippen LogP contribution in [0.1, 0.15) is 59.4 Å². The Morgan fingerprint density at radius 1 is 1.23 bits per heavy atom. The number of likely N-dealkylation sites (N-methyl/N-ethyl adjacent to an activating group) is 1. The van der Waals surface area contributed by atoms with Crippen molar-refractivity contribution in [3.05, 3.63) is 36.2 Å². The number of rotatable bonds is 10. The van der Waals surface area contributed by atoms with Crippen molar-refractivity contribution in [3.8, 4) is 11.8 Å². The zero-order valence-corrected chi connectivity index (χ0v) is 24.5. The van der Waals surface area contributed by atoms with Crippen molar-refractivity contribution >= 4 is 40.4 Å². The average Bonchev–Trinajstić information content (AvgIpc) is 3.27. The molecule has 3 N–H and O–H groups in total. The summed E-state index contributed by atoms with van der Waals surface area (Å²) in [4.78, 5) is 35.0. The Balaban J connectivity index is 1.54. The highest BCUT2D eigenvalue weighted by atomic mass is 16.6. The first kappa shape index (κ1) is 30.2. The molecule has 214 valence electrons. The smallest absolute Gasteiger partial charge is 0.410 e. The molecule has 1 atom stereocenters. The monoisotopic (exact) mass is 548 g/mol. The van der Waals surface area contributed by atoms with E-state index < -0.39 is 17.7 Å². The lowest BCUT2D eigenvalue weighted by Gasteiger charge is -2.28. The quantitative estimate of drug-likeness (QED) is 0.251. The van der Waals surface area contributed by atoms with E-state index in [-0.39, 0.29) is 5.91 Å². The maximum atomic E-state index is 12.5. The Bertz CT molecular complexity index is 1380. The molecular formula is C29H40N8O3. The number of hydrogen-bond donors (Lipinski definition) is 3. The molecule has 0 aliphatic rings. The first-order valence-corrected chi connectivity index (χ1v) is 13.5. The lowest BCUT2D eigenvalue weighted by molar-refractivity contribution is -0.125. The van der Waals surface area contributed by atoms with E-state index in [2.05, 4.69) is 49.8 Å². The lowest BCUT2D eigenvalue weighted by atomic mass is 10.2. The van der Waals surface area contributed by atoms with E-state index in [1.807, 2.05) is 31.4 Å². The average molecular weight is 549 g/mol. The Hall–Kier alpha value is -4.33. The number of unbranched alkanes of at least 4 members (excludes halogenated alkanes) is 1. The number of nitrogens with zero attached hydrogens (tertiary/aromatic N) is 5. The molecule has 0 unspecified atom stereocenters. The zero-order valence-electron chi connectivity index (χ0n) is 24.5. The molecule has 0 aliphatic heterocycles. The van der Waals surface area contributed by atoms with E-state index in [1.54, 1.807) is 45.6 Å². The minimum Gasteiger partial charge on any atom is -0.444 e. The van der Waals surface area contributed by atoms with Gasteiger partial charge in [0.05, 0.1) is 17.3 Å². The van der Waals surface area contributed by atoms with Crippen LogP contribution in [0.3, 0.4) is 0 Å². The Morgan fingerprint density at radius 3 is 2.73 bits per heavy atom. The Morgan fingerprint density at radius 2 is 2.00 bits per heavy atom. The van der Waals surface area contributed by atoms with Gasteiger partial charge in [0.2, 0.25) is 11.9 Å². The summed E-state index contributed by atoms with van der Waals surface area (Å²) in [7, 11) is 3.45. The third kappa shape index (κ3) is 8.86. The second kappa shape index (κ2) is 13.6. The first-order chi connectivity index (χ1) is 19.0. The van der Waals surface area contributed by atoms with Gasteiger partial charge in [0.25, 0.3) is 0 Å². The molecule has 0 bridgehead atoms. The van der Waals surface area contributed by atoms with Gasteiger partial charge in [0, 0.05) is 50.9 Å². The standard InChI is InChI=1S/C29H40N8O3/c1-8-15-30-25-21(18-32-27(34-25)33-23-14-13-22-19-36(6)35-24(22)17-23)12-10-9-11-16-31-26(38)20(2)37(7)28(39)40-29(3,4)5/h13-14,17-20H,8-9,11,15-16H2,1-7H3,(H,31,38)(H2,30,32,33,34)/t20-/m0/s1. The van der Waals surface area contributed by atoms with Crippen LogP contribution in [-0.4, -0.2) is 68.4 Å². The van der Waals surface area contributed by atoms with Crippen molar-refractivity contribution in [1.82, 2.24) is 30.0 Å². The number of ether oxygens (including phenoxy) is 1. The fraction of sp³-hybridized carbons (Fsp3) is 0.483. The van der Waals surface area contributed by atoms with Crippen LogP contribution in [0, 0.1) is 11.8 Å². The van der Waals surface area contributed by atoms with Crippen molar-refractivity contribution in [2.45, 2.75) is 65.5 Å². The molecule has 0 aliphatic carbocycles. The number of aromatic nitrogens is 4. The van der Waals surface area contributed by atoms with Gasteiger partial charge in [-0.15, -0.1) is 0 Å². The van der Waals surface area contributed by atoms with Gasteiger partial charge in [0.15, 0.2) is 0 Å². The topological polar surface area (TPSA) is 126 Å². The number of benzene rings is 1. The highest BCUT2D eigenvalue weighted by molar-refractivity contribution is 5.85. The molecule has 0 radical (unpaired) electrons. The van der Waals surface area contributed by atoms with Gasteiger partial charge in [0.1, 0.15) is 17.5 Å². The molecule has 1 aromatic carbocycles. The SMILES string of the molecule is CCCNc1nc(Nc2ccc3cn(C)nc3c2)ncc1C#CCCCNC(=O)[C@H](C)N(C)C(=O)OC(C)(C)C. The van der Waals surface area contributed by atoms with Crippen molar-refractivity contribution in [3.63, 3.8) is 0 Å². The molecule has 0 spiro atoms. The number of nitrogens with one attached hydrogen (secondary N) is 3. The Kier molecular flexibility index (Phi) is 10.3. The molecule has 40 heavy (non-hydrogen) atoms. The molecule has 0 saturated carbocycles. The van der Waals surface area contributed by atoms with Gasteiger partial charge in [-0.2, -0.15) is 10.1 Å². The summed E-state index contributed by atoms with van der Waals surface area (Å²) in [6.07, 6.45) is 5.32. The Labute approximate surface area is 236 Å². The van der Waals surface area contributed by atoms with Crippen molar-refractivity contribution in [2.75, 3.05) is 30.8 Å². The number of aryl methyl sites for hydroxylation is 1. The minimum absolute atomic E-state index is 0.244. The predicted octanol–water partition coefficient (Wildman–Crippen LogP) is 4.43. The first-order valence-electron chi connectivity index (χ1n) is 13.5. The molecule has 2 amide bonds. The van der Waals surface area contributed by atoms with Crippen LogP contribution in [-0.2, 0) is 16.6 Å². The van der Waals surface area contributed by atoms with Gasteiger partial charge >= 0.3 is 6.09 Å². The number of fused-ring (bicyclic) bond motifs is 1. The molecule has 0 fully saturated rings. The summed E-state index contributed by atoms with van der Waals surface area (Å²) in [5.74, 6) is 7.17. The largest absolute Gasteiger partial charge is 0.444 e. The predicted molar refractivity (Wildman–Crippen MR) is 157 cm³/mol. The van der Waals surface area contributed by atoms with E-state index in [0.29, 0.717) is 36.7 Å². The second-order valence-corrected chi connectivity index (χ2v) is 10.5. The minimum atomic E-state index is -0.650. The van der Waals surface area contributed by atoms with Crippen LogP contribution in [0.25, 0.3) is 10.9 Å². The number of carbonyl (C=O) groups excluding carboxylic acids is 2. The van der Waals surface area contributed by atoms with Crippen LogP contribution >= 0.6 is 0 Å². The molecule has 11 heteroatoms. The normalized spacial score (nSPS) is 11.8. The summed E-state index contributed by atoms with van der Waals surface area (Å²) in [6.45, 7) is 10.3. The maximum Gasteiger partial charge on any atom is 0.410 e. The maximum absolute atomic E-state index is 12.5. The fourth-order valence-corrected chi connectivity index (χ4v) is 3.62. The third-order valence-corrected chi connectivity index (χ3v) is 5.85. The van der Waals surface area contributed by atoms with E-state index in [4.69, 9.17) is 4.74 Å². The van der Waals surface area contributed by atoms with Crippen LogP contribution in [0.2, 0.25) is 0 Å². The van der Waals surface area contributed by atoms with E-state index >= 15 is 0 Å².